The summed E-state index contributed by atoms with van der Waals surface area (Å²) in [6.45, 7) is 7.22. The number of esters is 2. The normalized spacial score (nSPS) is 48.0. The van der Waals surface area contributed by atoms with Crippen molar-refractivity contribution in [1.82, 2.24) is 5.32 Å². The van der Waals surface area contributed by atoms with Gasteiger partial charge in [0.15, 0.2) is 6.79 Å². The molecule has 11 unspecified atom stereocenters. The summed E-state index contributed by atoms with van der Waals surface area (Å²) < 4.78 is 15.7. The van der Waals surface area contributed by atoms with Gasteiger partial charge in [0.2, 0.25) is 5.91 Å². The van der Waals surface area contributed by atoms with Crippen molar-refractivity contribution in [1.29, 1.82) is 0 Å². The Morgan fingerprint density at radius 2 is 1.67 bits per heavy atom. The van der Waals surface area contributed by atoms with E-state index in [0.717, 1.165) is 6.42 Å². The van der Waals surface area contributed by atoms with Gasteiger partial charge in [-0.3, -0.25) is 14.4 Å². The molecule has 5 rings (SSSR count). The molecule has 1 aliphatic heterocycles. The lowest BCUT2D eigenvalue weighted by atomic mass is 9.59. The zero-order valence-electron chi connectivity index (χ0n) is 18.0. The number of carbonyl (C=O) groups is 3. The van der Waals surface area contributed by atoms with E-state index < -0.39 is 5.92 Å². The Kier molecular flexibility index (Phi) is 5.07. The van der Waals surface area contributed by atoms with Crippen LogP contribution in [0.1, 0.15) is 40.0 Å². The van der Waals surface area contributed by atoms with Crippen LogP contribution in [0.3, 0.4) is 0 Å². The smallest absolute Gasteiger partial charge is 0.312 e. The molecular weight excluding hydrogens is 386 g/mol. The Balaban J connectivity index is 1.38. The van der Waals surface area contributed by atoms with Gasteiger partial charge in [-0.2, -0.15) is 0 Å². The summed E-state index contributed by atoms with van der Waals surface area (Å²) in [6.07, 6.45) is 2.39. The third-order valence-electron chi connectivity index (χ3n) is 9.27. The van der Waals surface area contributed by atoms with E-state index in [1.54, 1.807) is 0 Å². The molecule has 4 aliphatic carbocycles. The van der Waals surface area contributed by atoms with E-state index in [0.29, 0.717) is 42.1 Å². The van der Waals surface area contributed by atoms with Crippen molar-refractivity contribution in [3.8, 4) is 0 Å². The van der Waals surface area contributed by atoms with E-state index in [1.807, 2.05) is 6.92 Å². The standard InChI is InChI=1S/C23H33NO6/c1-4-28-9-30-23(27)21-16-7-15(18-13-6-14(19(16)18)11(3)10(13)2)20(21)22(26)24-12-5-17(25)29-8-12/h10-16,18-21H,4-9H2,1-3H3,(H,24,26). The van der Waals surface area contributed by atoms with E-state index in [4.69, 9.17) is 14.2 Å². The van der Waals surface area contributed by atoms with Crippen LogP contribution < -0.4 is 5.32 Å². The third kappa shape index (κ3) is 2.91. The van der Waals surface area contributed by atoms with Gasteiger partial charge < -0.3 is 19.5 Å². The summed E-state index contributed by atoms with van der Waals surface area (Å²) in [5, 5.41) is 3.01. The maximum Gasteiger partial charge on any atom is 0.312 e. The van der Waals surface area contributed by atoms with Crippen molar-refractivity contribution < 1.29 is 28.6 Å². The van der Waals surface area contributed by atoms with Gasteiger partial charge in [0.05, 0.1) is 24.3 Å². The van der Waals surface area contributed by atoms with Crippen molar-refractivity contribution >= 4 is 17.8 Å². The first-order valence-corrected chi connectivity index (χ1v) is 11.6. The van der Waals surface area contributed by atoms with Crippen molar-refractivity contribution in [2.24, 2.45) is 59.2 Å². The largest absolute Gasteiger partial charge is 0.463 e. The molecule has 7 heteroatoms. The summed E-state index contributed by atoms with van der Waals surface area (Å²) >= 11 is 0. The molecule has 5 aliphatic rings. The van der Waals surface area contributed by atoms with Crippen molar-refractivity contribution in [2.45, 2.75) is 46.1 Å². The quantitative estimate of drug-likeness (QED) is 0.306. The van der Waals surface area contributed by atoms with Crippen LogP contribution in [0.2, 0.25) is 0 Å². The molecule has 0 aromatic carbocycles. The van der Waals surface area contributed by atoms with Crippen LogP contribution in [0.5, 0.6) is 0 Å². The Hall–Kier alpha value is -1.63. The molecule has 1 amide bonds. The van der Waals surface area contributed by atoms with E-state index in [9.17, 15) is 14.4 Å². The minimum Gasteiger partial charge on any atom is -0.463 e. The molecule has 5 fully saturated rings. The second-order valence-electron chi connectivity index (χ2n) is 10.2. The highest BCUT2D eigenvalue weighted by molar-refractivity contribution is 5.88. The number of hydrogen-bond donors (Lipinski definition) is 1. The number of nitrogens with one attached hydrogen (secondary N) is 1. The number of carbonyl (C=O) groups excluding carboxylic acids is 3. The Bertz CT molecular complexity index is 739. The number of amides is 1. The van der Waals surface area contributed by atoms with Crippen LogP contribution in [0, 0.1) is 59.2 Å². The Morgan fingerprint density at radius 1 is 1.03 bits per heavy atom. The zero-order valence-corrected chi connectivity index (χ0v) is 18.0. The van der Waals surface area contributed by atoms with E-state index in [2.05, 4.69) is 19.2 Å². The molecule has 166 valence electrons. The fraction of sp³-hybridized carbons (Fsp3) is 0.870. The molecule has 4 saturated carbocycles. The predicted octanol–water partition coefficient (Wildman–Crippen LogP) is 1.99. The number of rotatable bonds is 6. The number of ether oxygens (including phenoxy) is 3. The lowest BCUT2D eigenvalue weighted by Gasteiger charge is -2.45. The molecule has 0 spiro atoms. The minimum absolute atomic E-state index is 0.0594. The summed E-state index contributed by atoms with van der Waals surface area (Å²) in [5.74, 6) is 2.76. The molecule has 0 radical (unpaired) electrons. The Morgan fingerprint density at radius 3 is 2.27 bits per heavy atom. The Labute approximate surface area is 177 Å². The number of fused-ring (bicyclic) bond motifs is 9. The SMILES string of the molecule is CCOCOC(=O)C1C2CC(C1C(=O)NC1COC(=O)C1)C1C3CC(C(C)C3C)C21. The number of cyclic esters (lactones) is 1. The van der Waals surface area contributed by atoms with Gasteiger partial charge >= 0.3 is 11.9 Å². The zero-order chi connectivity index (χ0) is 21.2. The van der Waals surface area contributed by atoms with Gasteiger partial charge in [-0.1, -0.05) is 13.8 Å². The fourth-order valence-corrected chi connectivity index (χ4v) is 8.11. The first kappa shape index (κ1) is 20.3. The maximum atomic E-state index is 13.4. The molecular formula is C23H33NO6. The lowest BCUT2D eigenvalue weighted by Crippen LogP contribution is -2.51. The molecule has 1 heterocycles. The second-order valence-corrected chi connectivity index (χ2v) is 10.2. The molecule has 0 aromatic rings. The minimum atomic E-state index is -0.406. The van der Waals surface area contributed by atoms with Crippen LogP contribution in [-0.4, -0.2) is 43.9 Å². The van der Waals surface area contributed by atoms with E-state index >= 15 is 0 Å². The second kappa shape index (κ2) is 7.50. The molecule has 0 aromatic heterocycles. The first-order chi connectivity index (χ1) is 14.4. The summed E-state index contributed by atoms with van der Waals surface area (Å²) in [7, 11) is 0. The van der Waals surface area contributed by atoms with Crippen molar-refractivity contribution in [3.05, 3.63) is 0 Å². The van der Waals surface area contributed by atoms with Crippen LogP contribution >= 0.6 is 0 Å². The summed E-state index contributed by atoms with van der Waals surface area (Å²) in [4.78, 5) is 37.9. The first-order valence-electron chi connectivity index (χ1n) is 11.6. The van der Waals surface area contributed by atoms with Gasteiger partial charge in [-0.15, -0.1) is 0 Å². The number of hydrogen-bond acceptors (Lipinski definition) is 6. The van der Waals surface area contributed by atoms with Gasteiger partial charge in [-0.25, -0.2) is 0 Å². The highest BCUT2D eigenvalue weighted by atomic mass is 16.7. The van der Waals surface area contributed by atoms with Gasteiger partial charge in [0, 0.05) is 6.61 Å². The van der Waals surface area contributed by atoms with E-state index in [1.165, 1.54) is 6.42 Å². The molecule has 4 bridgehead atoms. The summed E-state index contributed by atoms with van der Waals surface area (Å²) in [5.41, 5.74) is 0. The van der Waals surface area contributed by atoms with E-state index in [-0.39, 0.29) is 61.5 Å². The lowest BCUT2D eigenvalue weighted by molar-refractivity contribution is -0.170. The monoisotopic (exact) mass is 419 g/mol. The average Bonchev–Trinajstić information content (AvgIpc) is 3.49. The fourth-order valence-electron chi connectivity index (χ4n) is 8.11. The molecule has 7 nitrogen and oxygen atoms in total. The topological polar surface area (TPSA) is 90.9 Å². The van der Waals surface area contributed by atoms with Crippen LogP contribution in [0.15, 0.2) is 0 Å². The van der Waals surface area contributed by atoms with Gasteiger partial charge in [0.1, 0.15) is 6.61 Å². The molecule has 11 atom stereocenters. The van der Waals surface area contributed by atoms with Crippen LogP contribution in [0.25, 0.3) is 0 Å². The third-order valence-corrected chi connectivity index (χ3v) is 9.27. The summed E-state index contributed by atoms with van der Waals surface area (Å²) in [6, 6.07) is -0.293. The highest BCUT2D eigenvalue weighted by Gasteiger charge is 2.71. The molecule has 30 heavy (non-hydrogen) atoms. The van der Waals surface area contributed by atoms with Crippen molar-refractivity contribution in [2.75, 3.05) is 20.0 Å². The molecule has 1 N–H and O–H groups in total. The van der Waals surface area contributed by atoms with Crippen LogP contribution in [0.4, 0.5) is 0 Å². The van der Waals surface area contributed by atoms with Gasteiger partial charge in [-0.05, 0) is 67.1 Å². The predicted molar refractivity (Wildman–Crippen MR) is 106 cm³/mol. The van der Waals surface area contributed by atoms with Crippen molar-refractivity contribution in [3.63, 3.8) is 0 Å². The maximum absolute atomic E-state index is 13.4. The van der Waals surface area contributed by atoms with Gasteiger partial charge in [0.25, 0.3) is 0 Å². The molecule has 1 saturated heterocycles. The van der Waals surface area contributed by atoms with Crippen LogP contribution in [-0.2, 0) is 28.6 Å². The highest BCUT2D eigenvalue weighted by Crippen LogP contribution is 2.72. The average molecular weight is 420 g/mol.